The monoisotopic (exact) mass is 382 g/mol. The molecule has 0 unspecified atom stereocenters. The molecule has 0 fully saturated rings. The lowest BCUT2D eigenvalue weighted by Crippen LogP contribution is -2.15. The van der Waals surface area contributed by atoms with Gasteiger partial charge in [-0.05, 0) is 32.8 Å². The quantitative estimate of drug-likeness (QED) is 0.410. The van der Waals surface area contributed by atoms with E-state index in [2.05, 4.69) is 27.4 Å². The van der Waals surface area contributed by atoms with Gasteiger partial charge in [-0.1, -0.05) is 30.0 Å². The molecule has 2 N–H and O–H groups in total. The largest absolute Gasteiger partial charge is 0.465 e. The molecule has 2 heterocycles. The van der Waals surface area contributed by atoms with E-state index in [1.807, 2.05) is 6.92 Å². The van der Waals surface area contributed by atoms with Gasteiger partial charge in [-0.2, -0.15) is 0 Å². The zero-order chi connectivity index (χ0) is 18.6. The number of rotatable bonds is 8. The number of ether oxygens (including phenoxy) is 1. The lowest BCUT2D eigenvalue weighted by molar-refractivity contribution is 0.0599. The van der Waals surface area contributed by atoms with E-state index in [0.29, 0.717) is 22.5 Å². The number of hydrogen-bond donors (Lipinski definition) is 2. The van der Waals surface area contributed by atoms with Gasteiger partial charge in [0.15, 0.2) is 10.1 Å². The number of hydrogen-bond acceptors (Lipinski definition) is 8. The summed E-state index contributed by atoms with van der Waals surface area (Å²) in [4.78, 5) is 27.6. The number of nitrogens with one attached hydrogen (secondary N) is 2. The first-order chi connectivity index (χ1) is 11.9. The summed E-state index contributed by atoms with van der Waals surface area (Å²) in [6.45, 7) is 8.24. The number of carbonyl (C=O) groups excluding carboxylic acids is 2. The molecule has 0 amide bonds. The second-order valence-corrected chi connectivity index (χ2v) is 8.11. The third-order valence-electron chi connectivity index (χ3n) is 3.65. The second kappa shape index (κ2) is 8.48. The third kappa shape index (κ3) is 4.40. The highest BCUT2D eigenvalue weighted by Crippen LogP contribution is 2.31. The van der Waals surface area contributed by atoms with Crippen LogP contribution in [0, 0.1) is 13.8 Å². The number of ketones is 1. The first kappa shape index (κ1) is 19.5. The van der Waals surface area contributed by atoms with Crippen LogP contribution in [0.2, 0.25) is 0 Å². The molecule has 0 saturated heterocycles. The second-order valence-electron chi connectivity index (χ2n) is 5.54. The molecular weight excluding hydrogens is 360 g/mol. The smallest absolute Gasteiger partial charge is 0.339 e. The van der Waals surface area contributed by atoms with Crippen LogP contribution in [-0.4, -0.2) is 45.8 Å². The summed E-state index contributed by atoms with van der Waals surface area (Å²) in [5, 5.41) is 11.7. The van der Waals surface area contributed by atoms with E-state index in [1.165, 1.54) is 30.2 Å². The maximum absolute atomic E-state index is 12.8. The van der Waals surface area contributed by atoms with E-state index in [0.717, 1.165) is 22.4 Å². The van der Waals surface area contributed by atoms with Gasteiger partial charge in [0, 0.05) is 12.2 Å². The first-order valence-electron chi connectivity index (χ1n) is 7.94. The predicted molar refractivity (Wildman–Crippen MR) is 99.9 cm³/mol. The molecule has 136 valence electrons. The molecule has 0 aliphatic heterocycles. The summed E-state index contributed by atoms with van der Waals surface area (Å²) in [5.41, 5.74) is 2.10. The van der Waals surface area contributed by atoms with Crippen LogP contribution < -0.4 is 5.32 Å². The highest BCUT2D eigenvalue weighted by Gasteiger charge is 2.26. The minimum Gasteiger partial charge on any atom is -0.465 e. The van der Waals surface area contributed by atoms with Crippen LogP contribution in [0.1, 0.15) is 52.4 Å². The molecule has 0 spiro atoms. The van der Waals surface area contributed by atoms with Gasteiger partial charge in [0.2, 0.25) is 5.13 Å². The fraction of sp³-hybridized carbons (Fsp3) is 0.500. The van der Waals surface area contributed by atoms with Crippen molar-refractivity contribution in [2.45, 2.75) is 43.7 Å². The van der Waals surface area contributed by atoms with E-state index < -0.39 is 5.97 Å². The summed E-state index contributed by atoms with van der Waals surface area (Å²) >= 11 is 2.79. The molecule has 0 aromatic carbocycles. The maximum Gasteiger partial charge on any atom is 0.339 e. The summed E-state index contributed by atoms with van der Waals surface area (Å²) in [5.74, 6) is -0.527. The number of esters is 1. The van der Waals surface area contributed by atoms with Crippen LogP contribution in [0.3, 0.4) is 0 Å². The van der Waals surface area contributed by atoms with Crippen molar-refractivity contribution in [1.29, 1.82) is 0 Å². The molecule has 0 radical (unpaired) electrons. The number of aromatic amines is 1. The van der Waals surface area contributed by atoms with E-state index in [1.54, 1.807) is 13.8 Å². The zero-order valence-electron chi connectivity index (χ0n) is 14.9. The molecule has 25 heavy (non-hydrogen) atoms. The first-order valence-corrected chi connectivity index (χ1v) is 9.64. The minimum atomic E-state index is -0.443. The Morgan fingerprint density at radius 1 is 1.36 bits per heavy atom. The standard InChI is InChI=1S/C16H22N4O3S2/c1-6-7-17-15-19-20-16(25-15)24-10(4)13(21)12-8(2)11(9(3)18-12)14(22)23-5/h10,18H,6-7H2,1-5H3,(H,17,19)/t10-/m0/s1. The van der Waals surface area contributed by atoms with E-state index in [4.69, 9.17) is 4.74 Å². The summed E-state index contributed by atoms with van der Waals surface area (Å²) < 4.78 is 5.51. The maximum atomic E-state index is 12.8. The van der Waals surface area contributed by atoms with Crippen LogP contribution >= 0.6 is 23.1 Å². The molecule has 0 saturated carbocycles. The number of H-pyrrole nitrogens is 1. The minimum absolute atomic E-state index is 0.0842. The Hall–Kier alpha value is -1.87. The molecule has 7 nitrogen and oxygen atoms in total. The Kier molecular flexibility index (Phi) is 6.60. The molecule has 2 aromatic heterocycles. The third-order valence-corrected chi connectivity index (χ3v) is 5.72. The van der Waals surface area contributed by atoms with Gasteiger partial charge in [-0.3, -0.25) is 4.79 Å². The highest BCUT2D eigenvalue weighted by molar-refractivity contribution is 8.02. The average molecular weight is 383 g/mol. The highest BCUT2D eigenvalue weighted by atomic mass is 32.2. The average Bonchev–Trinajstić information content (AvgIpc) is 3.15. The number of thioether (sulfide) groups is 1. The number of aryl methyl sites for hydroxylation is 1. The molecule has 9 heteroatoms. The number of methoxy groups -OCH3 is 1. The van der Waals surface area contributed by atoms with Crippen molar-refractivity contribution >= 4 is 40.0 Å². The van der Waals surface area contributed by atoms with Crippen LogP contribution in [-0.2, 0) is 4.74 Å². The van der Waals surface area contributed by atoms with Crippen molar-refractivity contribution in [2.75, 3.05) is 19.0 Å². The van der Waals surface area contributed by atoms with E-state index in [9.17, 15) is 9.59 Å². The Labute approximate surface area is 155 Å². The Morgan fingerprint density at radius 3 is 2.72 bits per heavy atom. The van der Waals surface area contributed by atoms with E-state index in [-0.39, 0.29) is 11.0 Å². The lowest BCUT2D eigenvalue weighted by atomic mass is 10.1. The topological polar surface area (TPSA) is 97.0 Å². The van der Waals surface area contributed by atoms with Crippen LogP contribution in [0.15, 0.2) is 4.34 Å². The van der Waals surface area contributed by atoms with Crippen molar-refractivity contribution in [3.8, 4) is 0 Å². The summed E-state index contributed by atoms with van der Waals surface area (Å²) in [6, 6.07) is 0. The number of anilines is 1. The van der Waals surface area contributed by atoms with Crippen molar-refractivity contribution in [3.05, 3.63) is 22.5 Å². The van der Waals surface area contributed by atoms with Crippen LogP contribution in [0.5, 0.6) is 0 Å². The fourth-order valence-corrected chi connectivity index (χ4v) is 4.35. The number of Topliss-reactive ketones (excluding diaryl/α,β-unsaturated/α-hetero) is 1. The molecule has 2 rings (SSSR count). The molecule has 0 aliphatic rings. The fourth-order valence-electron chi connectivity index (χ4n) is 2.37. The number of aromatic nitrogens is 3. The molecule has 0 aliphatic carbocycles. The van der Waals surface area contributed by atoms with Gasteiger partial charge < -0.3 is 15.0 Å². The van der Waals surface area contributed by atoms with Gasteiger partial charge >= 0.3 is 5.97 Å². The molecule has 1 atom stereocenters. The van der Waals surface area contributed by atoms with Gasteiger partial charge in [-0.25, -0.2) is 4.79 Å². The van der Waals surface area contributed by atoms with Gasteiger partial charge in [0.1, 0.15) is 0 Å². The molecular formula is C16H22N4O3S2. The van der Waals surface area contributed by atoms with Gasteiger partial charge in [0.25, 0.3) is 0 Å². The van der Waals surface area contributed by atoms with Gasteiger partial charge in [-0.15, -0.1) is 10.2 Å². The van der Waals surface area contributed by atoms with Gasteiger partial charge in [0.05, 0.1) is 23.6 Å². The van der Waals surface area contributed by atoms with Crippen molar-refractivity contribution in [2.24, 2.45) is 0 Å². The number of nitrogens with zero attached hydrogens (tertiary/aromatic N) is 2. The van der Waals surface area contributed by atoms with Crippen molar-refractivity contribution < 1.29 is 14.3 Å². The Bertz CT molecular complexity index is 770. The Balaban J connectivity index is 2.12. The predicted octanol–water partition coefficient (Wildman–Crippen LogP) is 3.46. The van der Waals surface area contributed by atoms with Crippen LogP contribution in [0.25, 0.3) is 0 Å². The van der Waals surface area contributed by atoms with E-state index >= 15 is 0 Å². The van der Waals surface area contributed by atoms with Crippen molar-refractivity contribution in [1.82, 2.24) is 15.2 Å². The summed E-state index contributed by atoms with van der Waals surface area (Å²) in [7, 11) is 1.33. The van der Waals surface area contributed by atoms with Crippen molar-refractivity contribution in [3.63, 3.8) is 0 Å². The SMILES string of the molecule is CCCNc1nnc(S[C@@H](C)C(=O)c2[nH]c(C)c(C(=O)OC)c2C)s1. The molecule has 2 aromatic rings. The normalized spacial score (nSPS) is 12.0. The number of carbonyl (C=O) groups is 2. The Morgan fingerprint density at radius 2 is 2.08 bits per heavy atom. The lowest BCUT2D eigenvalue weighted by Gasteiger charge is -2.07. The molecule has 0 bridgehead atoms. The van der Waals surface area contributed by atoms with Crippen LogP contribution in [0.4, 0.5) is 5.13 Å². The summed E-state index contributed by atoms with van der Waals surface area (Å²) in [6.07, 6.45) is 1.00. The zero-order valence-corrected chi connectivity index (χ0v) is 16.6.